The van der Waals surface area contributed by atoms with E-state index >= 15 is 0 Å². The van der Waals surface area contributed by atoms with E-state index in [0.717, 1.165) is 36.3 Å². The monoisotopic (exact) mass is 248 g/mol. The van der Waals surface area contributed by atoms with Gasteiger partial charge in [0.05, 0.1) is 6.61 Å². The molecule has 1 aliphatic heterocycles. The van der Waals surface area contributed by atoms with Crippen molar-refractivity contribution in [1.29, 1.82) is 0 Å². The number of aliphatic hydroxyl groups excluding tert-OH is 1. The smallest absolute Gasteiger partial charge is 0.217 e. The maximum absolute atomic E-state index is 11.0. The van der Waals surface area contributed by atoms with Crippen molar-refractivity contribution >= 4 is 11.6 Å². The summed E-state index contributed by atoms with van der Waals surface area (Å²) in [6.45, 7) is 5.47. The van der Waals surface area contributed by atoms with Gasteiger partial charge in [0.1, 0.15) is 0 Å². The van der Waals surface area contributed by atoms with Crippen LogP contribution in [0.25, 0.3) is 0 Å². The summed E-state index contributed by atoms with van der Waals surface area (Å²) in [7, 11) is 0. The molecule has 0 saturated carbocycles. The normalized spacial score (nSPS) is 19.1. The molecule has 98 valence electrons. The van der Waals surface area contributed by atoms with Crippen molar-refractivity contribution in [3.05, 3.63) is 29.3 Å². The molecule has 4 nitrogen and oxygen atoms in total. The third-order valence-corrected chi connectivity index (χ3v) is 3.46. The van der Waals surface area contributed by atoms with Crippen LogP contribution in [0.1, 0.15) is 24.5 Å². The van der Waals surface area contributed by atoms with E-state index in [0.29, 0.717) is 0 Å². The summed E-state index contributed by atoms with van der Waals surface area (Å²) in [5.41, 5.74) is 3.24. The predicted molar refractivity (Wildman–Crippen MR) is 71.5 cm³/mol. The molecule has 0 spiro atoms. The average molecular weight is 248 g/mol. The largest absolute Gasteiger partial charge is 0.392 e. The van der Waals surface area contributed by atoms with E-state index in [1.807, 2.05) is 19.1 Å². The number of amides is 1. The number of carbonyl (C=O) groups is 1. The number of aliphatic hydroxyl groups is 1. The fourth-order valence-corrected chi connectivity index (χ4v) is 2.45. The molecule has 1 aliphatic rings. The number of anilines is 1. The molecule has 1 fully saturated rings. The van der Waals surface area contributed by atoms with Gasteiger partial charge in [0.15, 0.2) is 0 Å². The molecule has 1 atom stereocenters. The van der Waals surface area contributed by atoms with Gasteiger partial charge in [-0.3, -0.25) is 4.79 Å². The Morgan fingerprint density at radius 2 is 2.33 bits per heavy atom. The van der Waals surface area contributed by atoms with Crippen LogP contribution in [0, 0.1) is 6.92 Å². The zero-order valence-electron chi connectivity index (χ0n) is 10.9. The summed E-state index contributed by atoms with van der Waals surface area (Å²) in [6.07, 6.45) is 0.986. The summed E-state index contributed by atoms with van der Waals surface area (Å²) >= 11 is 0. The number of carbonyl (C=O) groups excluding carboxylic acids is 1. The second kappa shape index (κ2) is 5.40. The number of hydrogen-bond acceptors (Lipinski definition) is 3. The molecule has 18 heavy (non-hydrogen) atoms. The third-order valence-electron chi connectivity index (χ3n) is 3.46. The van der Waals surface area contributed by atoms with Crippen LogP contribution in [0.3, 0.4) is 0 Å². The molecule has 1 saturated heterocycles. The molecule has 1 heterocycles. The molecular formula is C14H20N2O2. The summed E-state index contributed by atoms with van der Waals surface area (Å²) in [6, 6.07) is 6.35. The minimum absolute atomic E-state index is 0.0358. The lowest BCUT2D eigenvalue weighted by atomic mass is 10.1. The number of hydrogen-bond donors (Lipinski definition) is 2. The maximum Gasteiger partial charge on any atom is 0.217 e. The lowest BCUT2D eigenvalue weighted by Crippen LogP contribution is -2.35. The third kappa shape index (κ3) is 2.82. The number of aryl methyl sites for hydroxylation is 1. The first-order chi connectivity index (χ1) is 8.60. The minimum atomic E-state index is 0.0358. The molecule has 0 radical (unpaired) electrons. The highest BCUT2D eigenvalue weighted by atomic mass is 16.3. The first-order valence-electron chi connectivity index (χ1n) is 6.32. The van der Waals surface area contributed by atoms with Crippen LogP contribution in [0.4, 0.5) is 5.69 Å². The van der Waals surface area contributed by atoms with E-state index in [1.165, 1.54) is 0 Å². The van der Waals surface area contributed by atoms with E-state index in [9.17, 15) is 4.79 Å². The summed E-state index contributed by atoms with van der Waals surface area (Å²) in [5, 5.41) is 12.1. The van der Waals surface area contributed by atoms with Crippen molar-refractivity contribution in [3.8, 4) is 0 Å². The van der Waals surface area contributed by atoms with E-state index in [1.54, 1.807) is 6.92 Å². The van der Waals surface area contributed by atoms with Gasteiger partial charge >= 0.3 is 0 Å². The van der Waals surface area contributed by atoms with E-state index < -0.39 is 0 Å². The predicted octanol–water partition coefficient (Wildman–Crippen LogP) is 1.20. The Morgan fingerprint density at radius 1 is 1.56 bits per heavy atom. The molecule has 2 rings (SSSR count). The minimum Gasteiger partial charge on any atom is -0.392 e. The van der Waals surface area contributed by atoms with Crippen molar-refractivity contribution in [3.63, 3.8) is 0 Å². The van der Waals surface area contributed by atoms with Crippen molar-refractivity contribution in [2.75, 3.05) is 18.0 Å². The van der Waals surface area contributed by atoms with Crippen molar-refractivity contribution in [2.24, 2.45) is 0 Å². The Morgan fingerprint density at radius 3 is 2.94 bits per heavy atom. The molecule has 1 unspecified atom stereocenters. The van der Waals surface area contributed by atoms with Crippen LogP contribution in [-0.2, 0) is 11.4 Å². The number of rotatable bonds is 3. The van der Waals surface area contributed by atoms with E-state index in [2.05, 4.69) is 16.3 Å². The van der Waals surface area contributed by atoms with Crippen LogP contribution in [-0.4, -0.2) is 30.1 Å². The Labute approximate surface area is 108 Å². The van der Waals surface area contributed by atoms with E-state index in [-0.39, 0.29) is 18.6 Å². The molecule has 0 aliphatic carbocycles. The summed E-state index contributed by atoms with van der Waals surface area (Å²) in [5.74, 6) is 0.0358. The zero-order chi connectivity index (χ0) is 13.1. The van der Waals surface area contributed by atoms with Crippen LogP contribution >= 0.6 is 0 Å². The summed E-state index contributed by atoms with van der Waals surface area (Å²) in [4.78, 5) is 13.3. The van der Waals surface area contributed by atoms with Gasteiger partial charge in [-0.25, -0.2) is 0 Å². The Hall–Kier alpha value is -1.55. The topological polar surface area (TPSA) is 52.6 Å². The first-order valence-corrected chi connectivity index (χ1v) is 6.32. The van der Waals surface area contributed by atoms with Gasteiger partial charge in [-0.15, -0.1) is 0 Å². The SMILES string of the molecule is CC(=O)NC1CCN(c2ccc(CO)c(C)c2)C1. The molecule has 0 aromatic heterocycles. The fourth-order valence-electron chi connectivity index (χ4n) is 2.45. The Kier molecular flexibility index (Phi) is 3.87. The van der Waals surface area contributed by atoms with Gasteiger partial charge in [-0.2, -0.15) is 0 Å². The van der Waals surface area contributed by atoms with Crippen LogP contribution < -0.4 is 10.2 Å². The molecule has 1 amide bonds. The lowest BCUT2D eigenvalue weighted by Gasteiger charge is -2.20. The van der Waals surface area contributed by atoms with Gasteiger partial charge in [0.2, 0.25) is 5.91 Å². The second-order valence-corrected chi connectivity index (χ2v) is 4.90. The van der Waals surface area contributed by atoms with Crippen LogP contribution in [0.2, 0.25) is 0 Å². The van der Waals surface area contributed by atoms with E-state index in [4.69, 9.17) is 5.11 Å². The highest BCUT2D eigenvalue weighted by Crippen LogP contribution is 2.23. The van der Waals surface area contributed by atoms with Gasteiger partial charge in [0.25, 0.3) is 0 Å². The Bertz CT molecular complexity index is 445. The highest BCUT2D eigenvalue weighted by Gasteiger charge is 2.23. The van der Waals surface area contributed by atoms with Gasteiger partial charge in [0, 0.05) is 31.7 Å². The number of nitrogens with one attached hydrogen (secondary N) is 1. The molecular weight excluding hydrogens is 228 g/mol. The first kappa shape index (κ1) is 12.9. The molecule has 1 aromatic rings. The van der Waals surface area contributed by atoms with Gasteiger partial charge in [-0.1, -0.05) is 6.07 Å². The lowest BCUT2D eigenvalue weighted by molar-refractivity contribution is -0.119. The fraction of sp³-hybridized carbons (Fsp3) is 0.500. The maximum atomic E-state index is 11.0. The van der Waals surface area contributed by atoms with Crippen LogP contribution in [0.5, 0.6) is 0 Å². The molecule has 1 aromatic carbocycles. The average Bonchev–Trinajstić information content (AvgIpc) is 2.76. The number of nitrogens with zero attached hydrogens (tertiary/aromatic N) is 1. The number of benzene rings is 1. The van der Waals surface area contributed by atoms with Crippen molar-refractivity contribution in [2.45, 2.75) is 32.9 Å². The zero-order valence-corrected chi connectivity index (χ0v) is 10.9. The summed E-state index contributed by atoms with van der Waals surface area (Å²) < 4.78 is 0. The molecule has 2 N–H and O–H groups in total. The second-order valence-electron chi connectivity index (χ2n) is 4.90. The standard InChI is InChI=1S/C14H20N2O2/c1-10-7-14(4-3-12(10)9-17)16-6-5-13(8-16)15-11(2)18/h3-4,7,13,17H,5-6,8-9H2,1-2H3,(H,15,18). The van der Waals surface area contributed by atoms with Gasteiger partial charge < -0.3 is 15.3 Å². The molecule has 0 bridgehead atoms. The quantitative estimate of drug-likeness (QED) is 0.845. The Balaban J connectivity index is 2.05. The van der Waals surface area contributed by atoms with Gasteiger partial charge in [-0.05, 0) is 36.6 Å². The van der Waals surface area contributed by atoms with Crippen LogP contribution in [0.15, 0.2) is 18.2 Å². The molecule has 4 heteroatoms. The van der Waals surface area contributed by atoms with Crippen molar-refractivity contribution in [1.82, 2.24) is 5.32 Å². The highest BCUT2D eigenvalue weighted by molar-refractivity contribution is 5.73. The van der Waals surface area contributed by atoms with Crippen molar-refractivity contribution < 1.29 is 9.90 Å².